The normalized spacial score (nSPS) is 12.7. The Hall–Kier alpha value is -1.17. The van der Waals surface area contributed by atoms with Crippen LogP contribution in [0, 0.1) is 5.82 Å². The zero-order chi connectivity index (χ0) is 15.0. The molecule has 1 aromatic carbocycles. The van der Waals surface area contributed by atoms with E-state index in [1.54, 1.807) is 12.1 Å². The monoisotopic (exact) mass is 285 g/mol. The van der Waals surface area contributed by atoms with Crippen LogP contribution >= 0.6 is 0 Å². The molecule has 0 amide bonds. The van der Waals surface area contributed by atoms with Gasteiger partial charge in [-0.2, -0.15) is 0 Å². The van der Waals surface area contributed by atoms with Crippen molar-refractivity contribution in [3.8, 4) is 5.75 Å². The van der Waals surface area contributed by atoms with Crippen molar-refractivity contribution in [1.82, 2.24) is 5.32 Å². The van der Waals surface area contributed by atoms with Crippen LogP contribution in [0.25, 0.3) is 0 Å². The second-order valence-corrected chi connectivity index (χ2v) is 4.33. The summed E-state index contributed by atoms with van der Waals surface area (Å²) in [4.78, 5) is 0. The van der Waals surface area contributed by atoms with Crippen molar-refractivity contribution in [3.05, 3.63) is 29.6 Å². The van der Waals surface area contributed by atoms with Crippen LogP contribution in [-0.2, 0) is 9.47 Å². The number of halogens is 1. The lowest BCUT2D eigenvalue weighted by Gasteiger charge is -2.22. The Morgan fingerprint density at radius 2 is 1.85 bits per heavy atom. The fraction of sp³-hybridized carbons (Fsp3) is 0.600. The summed E-state index contributed by atoms with van der Waals surface area (Å²) in [5.41, 5.74) is 0.516. The number of methoxy groups -OCH3 is 1. The minimum atomic E-state index is -0.329. The minimum absolute atomic E-state index is 0.199. The van der Waals surface area contributed by atoms with Crippen molar-refractivity contribution in [3.63, 3.8) is 0 Å². The van der Waals surface area contributed by atoms with Gasteiger partial charge in [0.05, 0.1) is 7.11 Å². The molecular formula is C15H24FNO3. The molecule has 0 heterocycles. The van der Waals surface area contributed by atoms with Gasteiger partial charge in [0, 0.05) is 31.4 Å². The summed E-state index contributed by atoms with van der Waals surface area (Å²) in [6.07, 6.45) is -0.329. The Morgan fingerprint density at radius 3 is 2.40 bits per heavy atom. The van der Waals surface area contributed by atoms with Crippen molar-refractivity contribution in [2.45, 2.75) is 33.1 Å². The van der Waals surface area contributed by atoms with Gasteiger partial charge in [0.15, 0.2) is 6.29 Å². The molecule has 0 saturated carbocycles. The highest BCUT2D eigenvalue weighted by Crippen LogP contribution is 2.27. The van der Waals surface area contributed by atoms with Crippen LogP contribution in [0.2, 0.25) is 0 Å². The average molecular weight is 285 g/mol. The van der Waals surface area contributed by atoms with Gasteiger partial charge in [-0.1, -0.05) is 6.07 Å². The predicted molar refractivity (Wildman–Crippen MR) is 76.4 cm³/mol. The molecule has 0 aliphatic rings. The number of hydrogen-bond acceptors (Lipinski definition) is 4. The molecule has 0 bridgehead atoms. The maximum Gasteiger partial charge on any atom is 0.169 e. The SMILES string of the molecule is CCOC(CNC(C)c1c(F)cccc1OC)OCC. The van der Waals surface area contributed by atoms with E-state index in [4.69, 9.17) is 14.2 Å². The maximum atomic E-state index is 13.9. The van der Waals surface area contributed by atoms with E-state index < -0.39 is 0 Å². The van der Waals surface area contributed by atoms with E-state index in [2.05, 4.69) is 5.32 Å². The molecule has 1 atom stereocenters. The first-order valence-corrected chi connectivity index (χ1v) is 6.92. The molecule has 0 saturated heterocycles. The third-order valence-electron chi connectivity index (χ3n) is 2.96. The van der Waals surface area contributed by atoms with Gasteiger partial charge in [0.25, 0.3) is 0 Å². The maximum absolute atomic E-state index is 13.9. The van der Waals surface area contributed by atoms with Crippen LogP contribution in [0.5, 0.6) is 5.75 Å². The summed E-state index contributed by atoms with van der Waals surface area (Å²) < 4.78 is 30.0. The van der Waals surface area contributed by atoms with E-state index in [1.807, 2.05) is 20.8 Å². The van der Waals surface area contributed by atoms with Crippen LogP contribution in [0.3, 0.4) is 0 Å². The highest BCUT2D eigenvalue weighted by molar-refractivity contribution is 5.36. The lowest BCUT2D eigenvalue weighted by molar-refractivity contribution is -0.133. The predicted octanol–water partition coefficient (Wildman–Crippen LogP) is 2.88. The van der Waals surface area contributed by atoms with Gasteiger partial charge in [-0.15, -0.1) is 0 Å². The highest BCUT2D eigenvalue weighted by atomic mass is 19.1. The first kappa shape index (κ1) is 16.9. The third kappa shape index (κ3) is 4.74. The zero-order valence-electron chi connectivity index (χ0n) is 12.6. The van der Waals surface area contributed by atoms with E-state index in [1.165, 1.54) is 13.2 Å². The molecule has 0 aromatic heterocycles. The van der Waals surface area contributed by atoms with Gasteiger partial charge in [0.1, 0.15) is 11.6 Å². The fourth-order valence-corrected chi connectivity index (χ4v) is 2.03. The molecule has 20 heavy (non-hydrogen) atoms. The smallest absolute Gasteiger partial charge is 0.169 e. The van der Waals surface area contributed by atoms with E-state index in [9.17, 15) is 4.39 Å². The molecule has 0 fully saturated rings. The third-order valence-corrected chi connectivity index (χ3v) is 2.96. The van der Waals surface area contributed by atoms with E-state index in [0.717, 1.165) is 0 Å². The Morgan fingerprint density at radius 1 is 1.20 bits per heavy atom. The van der Waals surface area contributed by atoms with Gasteiger partial charge in [-0.3, -0.25) is 0 Å². The molecular weight excluding hydrogens is 261 g/mol. The molecule has 4 nitrogen and oxygen atoms in total. The minimum Gasteiger partial charge on any atom is -0.496 e. The molecule has 1 unspecified atom stereocenters. The van der Waals surface area contributed by atoms with E-state index in [-0.39, 0.29) is 18.1 Å². The summed E-state index contributed by atoms with van der Waals surface area (Å²) in [7, 11) is 1.54. The lowest BCUT2D eigenvalue weighted by Crippen LogP contribution is -2.33. The number of ether oxygens (including phenoxy) is 3. The Bertz CT molecular complexity index is 395. The number of benzene rings is 1. The average Bonchev–Trinajstić information content (AvgIpc) is 2.44. The van der Waals surface area contributed by atoms with Gasteiger partial charge >= 0.3 is 0 Å². The number of rotatable bonds is 9. The molecule has 1 rings (SSSR count). The molecule has 0 radical (unpaired) electrons. The molecule has 0 spiro atoms. The summed E-state index contributed by atoms with van der Waals surface area (Å²) in [5.74, 6) is 0.253. The zero-order valence-corrected chi connectivity index (χ0v) is 12.6. The molecule has 114 valence electrons. The lowest BCUT2D eigenvalue weighted by atomic mass is 10.1. The largest absolute Gasteiger partial charge is 0.496 e. The van der Waals surface area contributed by atoms with Crippen LogP contribution < -0.4 is 10.1 Å². The second kappa shape index (κ2) is 8.89. The summed E-state index contributed by atoms with van der Waals surface area (Å²) in [6.45, 7) is 7.34. The Labute approximate surface area is 120 Å². The molecule has 0 aliphatic heterocycles. The molecule has 1 N–H and O–H groups in total. The Kier molecular flexibility index (Phi) is 7.51. The standard InChI is InChI=1S/C15H24FNO3/c1-5-19-14(20-6-2)10-17-11(3)15-12(16)8-7-9-13(15)18-4/h7-9,11,14,17H,5-6,10H2,1-4H3. The summed E-state index contributed by atoms with van der Waals surface area (Å²) in [5, 5.41) is 3.21. The summed E-state index contributed by atoms with van der Waals surface area (Å²) >= 11 is 0. The van der Waals surface area contributed by atoms with Crippen LogP contribution in [0.15, 0.2) is 18.2 Å². The first-order chi connectivity index (χ1) is 9.63. The van der Waals surface area contributed by atoms with Crippen LogP contribution in [0.4, 0.5) is 4.39 Å². The van der Waals surface area contributed by atoms with Gasteiger partial charge in [-0.25, -0.2) is 4.39 Å². The van der Waals surface area contributed by atoms with Crippen molar-refractivity contribution in [2.75, 3.05) is 26.9 Å². The number of nitrogens with one attached hydrogen (secondary N) is 1. The molecule has 0 aliphatic carbocycles. The van der Waals surface area contributed by atoms with Crippen molar-refractivity contribution in [2.24, 2.45) is 0 Å². The van der Waals surface area contributed by atoms with Crippen molar-refractivity contribution in [1.29, 1.82) is 0 Å². The van der Waals surface area contributed by atoms with Crippen LogP contribution in [0.1, 0.15) is 32.4 Å². The quantitative estimate of drug-likeness (QED) is 0.708. The van der Waals surface area contributed by atoms with Gasteiger partial charge < -0.3 is 19.5 Å². The number of hydrogen-bond donors (Lipinski definition) is 1. The molecule has 5 heteroatoms. The van der Waals surface area contributed by atoms with Gasteiger partial charge in [0.2, 0.25) is 0 Å². The molecule has 1 aromatic rings. The highest BCUT2D eigenvalue weighted by Gasteiger charge is 2.17. The van der Waals surface area contributed by atoms with E-state index in [0.29, 0.717) is 31.1 Å². The van der Waals surface area contributed by atoms with E-state index >= 15 is 0 Å². The topological polar surface area (TPSA) is 39.7 Å². The second-order valence-electron chi connectivity index (χ2n) is 4.33. The summed E-state index contributed by atoms with van der Waals surface area (Å²) in [6, 6.07) is 4.61. The Balaban J connectivity index is 2.68. The van der Waals surface area contributed by atoms with Crippen LogP contribution in [-0.4, -0.2) is 33.2 Å². The van der Waals surface area contributed by atoms with Gasteiger partial charge in [-0.05, 0) is 32.9 Å². The fourth-order valence-electron chi connectivity index (χ4n) is 2.03. The van der Waals surface area contributed by atoms with Crippen molar-refractivity contribution >= 4 is 0 Å². The first-order valence-electron chi connectivity index (χ1n) is 6.92. The van der Waals surface area contributed by atoms with Crippen molar-refractivity contribution < 1.29 is 18.6 Å².